The molecule has 6 rings (SSSR count). The standard InChI is InChI=1S/C26H37N3/c1-18-27-25-11-4-5-12-26(25)28(18)24-16-21-9-6-10-22(17-24)29(21)23-14-19-7-2-3-8-20(13-19)15-23/h4-5,11-12,19-24H,2-3,6-10,13-17H2,1H3. The van der Waals surface area contributed by atoms with Crippen LogP contribution >= 0.6 is 0 Å². The molecular formula is C26H37N3. The van der Waals surface area contributed by atoms with Crippen molar-refractivity contribution in [1.29, 1.82) is 0 Å². The first kappa shape index (κ1) is 18.4. The third kappa shape index (κ3) is 3.24. The smallest absolute Gasteiger partial charge is 0.106 e. The molecule has 1 aromatic carbocycles. The summed E-state index contributed by atoms with van der Waals surface area (Å²) in [5.41, 5.74) is 2.53. The van der Waals surface area contributed by atoms with Gasteiger partial charge in [-0.1, -0.05) is 44.2 Å². The highest BCUT2D eigenvalue weighted by atomic mass is 15.3. The summed E-state index contributed by atoms with van der Waals surface area (Å²) in [6.07, 6.45) is 17.5. The maximum absolute atomic E-state index is 4.89. The summed E-state index contributed by atoms with van der Waals surface area (Å²) < 4.78 is 2.60. The molecule has 0 N–H and O–H groups in total. The van der Waals surface area contributed by atoms with E-state index in [1.807, 2.05) is 0 Å². The number of piperidine rings is 2. The largest absolute Gasteiger partial charge is 0.325 e. The summed E-state index contributed by atoms with van der Waals surface area (Å²) in [7, 11) is 0. The van der Waals surface area contributed by atoms with Gasteiger partial charge in [0.2, 0.25) is 0 Å². The zero-order valence-electron chi connectivity index (χ0n) is 18.1. The minimum absolute atomic E-state index is 0.639. The maximum atomic E-state index is 4.89. The van der Waals surface area contributed by atoms with Gasteiger partial charge in [-0.2, -0.15) is 0 Å². The summed E-state index contributed by atoms with van der Waals surface area (Å²) in [6.45, 7) is 2.22. The zero-order chi connectivity index (χ0) is 19.4. The third-order valence-electron chi connectivity index (χ3n) is 8.92. The Balaban J connectivity index is 1.27. The van der Waals surface area contributed by atoms with Crippen molar-refractivity contribution in [2.45, 2.75) is 108 Å². The van der Waals surface area contributed by atoms with Crippen LogP contribution < -0.4 is 0 Å². The van der Waals surface area contributed by atoms with Gasteiger partial charge in [-0.05, 0) is 75.8 Å². The molecule has 156 valence electrons. The van der Waals surface area contributed by atoms with E-state index >= 15 is 0 Å². The van der Waals surface area contributed by atoms with E-state index in [0.717, 1.165) is 30.0 Å². The molecule has 29 heavy (non-hydrogen) atoms. The van der Waals surface area contributed by atoms with E-state index in [4.69, 9.17) is 4.98 Å². The molecule has 1 aromatic heterocycles. The van der Waals surface area contributed by atoms with Crippen molar-refractivity contribution in [1.82, 2.24) is 14.5 Å². The van der Waals surface area contributed by atoms with Crippen molar-refractivity contribution >= 4 is 11.0 Å². The molecule has 0 spiro atoms. The summed E-state index contributed by atoms with van der Waals surface area (Å²) in [6, 6.07) is 11.9. The lowest BCUT2D eigenvalue weighted by Gasteiger charge is -2.54. The van der Waals surface area contributed by atoms with E-state index < -0.39 is 0 Å². The number of aromatic nitrogens is 2. The predicted octanol–water partition coefficient (Wildman–Crippen LogP) is 6.26. The van der Waals surface area contributed by atoms with Crippen LogP contribution in [0, 0.1) is 18.8 Å². The third-order valence-corrected chi connectivity index (χ3v) is 8.92. The first-order chi connectivity index (χ1) is 14.3. The lowest BCUT2D eigenvalue weighted by Crippen LogP contribution is -2.58. The highest BCUT2D eigenvalue weighted by Crippen LogP contribution is 2.47. The van der Waals surface area contributed by atoms with Crippen LogP contribution in [-0.2, 0) is 0 Å². The van der Waals surface area contributed by atoms with Crippen LogP contribution in [0.5, 0.6) is 0 Å². The van der Waals surface area contributed by atoms with Crippen molar-refractivity contribution in [3.05, 3.63) is 30.1 Å². The van der Waals surface area contributed by atoms with Gasteiger partial charge in [-0.3, -0.25) is 4.90 Å². The molecular weight excluding hydrogens is 354 g/mol. The molecule has 2 saturated heterocycles. The van der Waals surface area contributed by atoms with Gasteiger partial charge in [-0.15, -0.1) is 0 Å². The number of para-hydroxylation sites is 2. The highest BCUT2D eigenvalue weighted by Gasteiger charge is 2.45. The van der Waals surface area contributed by atoms with Crippen molar-refractivity contribution in [3.63, 3.8) is 0 Å². The van der Waals surface area contributed by atoms with E-state index in [1.54, 1.807) is 6.42 Å². The van der Waals surface area contributed by atoms with Crippen molar-refractivity contribution in [3.8, 4) is 0 Å². The van der Waals surface area contributed by atoms with E-state index in [1.165, 1.54) is 87.5 Å². The van der Waals surface area contributed by atoms with Crippen LogP contribution in [-0.4, -0.2) is 32.6 Å². The summed E-state index contributed by atoms with van der Waals surface area (Å²) >= 11 is 0. The molecule has 3 nitrogen and oxygen atoms in total. The Hall–Kier alpha value is -1.35. The second kappa shape index (κ2) is 7.41. The lowest BCUT2D eigenvalue weighted by atomic mass is 9.73. The minimum Gasteiger partial charge on any atom is -0.325 e. The Labute approximate surface area is 175 Å². The van der Waals surface area contributed by atoms with Gasteiger partial charge in [0.25, 0.3) is 0 Å². The fourth-order valence-corrected chi connectivity index (χ4v) is 7.93. The Bertz CT molecular complexity index is 842. The molecule has 2 saturated carbocycles. The molecule has 0 amide bonds. The monoisotopic (exact) mass is 391 g/mol. The van der Waals surface area contributed by atoms with Gasteiger partial charge in [0.15, 0.2) is 0 Å². The SMILES string of the molecule is Cc1nc2ccccc2n1C1CC2CCCC(C1)N2C1CC2CCCCC(C2)C1. The summed E-state index contributed by atoms with van der Waals surface area (Å²) in [5, 5.41) is 0. The maximum Gasteiger partial charge on any atom is 0.106 e. The van der Waals surface area contributed by atoms with E-state index in [-0.39, 0.29) is 0 Å². The number of hydrogen-bond donors (Lipinski definition) is 0. The Morgan fingerprint density at radius 2 is 1.41 bits per heavy atom. The van der Waals surface area contributed by atoms with Crippen molar-refractivity contribution < 1.29 is 0 Å². The summed E-state index contributed by atoms with van der Waals surface area (Å²) in [4.78, 5) is 7.97. The average Bonchev–Trinajstić information content (AvgIpc) is 2.96. The molecule has 3 heteroatoms. The molecule has 3 heterocycles. The Morgan fingerprint density at radius 1 is 0.724 bits per heavy atom. The normalized spacial score (nSPS) is 38.1. The number of fused-ring (bicyclic) bond motifs is 5. The quantitative estimate of drug-likeness (QED) is 0.602. The molecule has 4 atom stereocenters. The number of aryl methyl sites for hydroxylation is 1. The molecule has 4 bridgehead atoms. The van der Waals surface area contributed by atoms with Crippen LogP contribution in [0.25, 0.3) is 11.0 Å². The van der Waals surface area contributed by atoms with E-state index in [0.29, 0.717) is 6.04 Å². The van der Waals surface area contributed by atoms with E-state index in [2.05, 4.69) is 40.7 Å². The first-order valence-electron chi connectivity index (χ1n) is 12.5. The molecule has 2 aliphatic heterocycles. The second-order valence-electron chi connectivity index (χ2n) is 10.7. The number of hydrogen-bond acceptors (Lipinski definition) is 2. The van der Waals surface area contributed by atoms with Crippen LogP contribution in [0.4, 0.5) is 0 Å². The van der Waals surface area contributed by atoms with Crippen LogP contribution in [0.1, 0.15) is 88.9 Å². The van der Waals surface area contributed by atoms with Crippen molar-refractivity contribution in [2.24, 2.45) is 11.8 Å². The Morgan fingerprint density at radius 3 is 2.14 bits per heavy atom. The van der Waals surface area contributed by atoms with Gasteiger partial charge >= 0.3 is 0 Å². The van der Waals surface area contributed by atoms with Crippen LogP contribution in [0.3, 0.4) is 0 Å². The first-order valence-corrected chi connectivity index (χ1v) is 12.5. The van der Waals surface area contributed by atoms with Crippen LogP contribution in [0.2, 0.25) is 0 Å². The van der Waals surface area contributed by atoms with E-state index in [9.17, 15) is 0 Å². The molecule has 4 aliphatic rings. The molecule has 2 aliphatic carbocycles. The minimum atomic E-state index is 0.639. The molecule has 4 fully saturated rings. The van der Waals surface area contributed by atoms with Crippen LogP contribution in [0.15, 0.2) is 24.3 Å². The van der Waals surface area contributed by atoms with Crippen molar-refractivity contribution in [2.75, 3.05) is 0 Å². The highest BCUT2D eigenvalue weighted by molar-refractivity contribution is 5.76. The van der Waals surface area contributed by atoms with Gasteiger partial charge < -0.3 is 4.57 Å². The van der Waals surface area contributed by atoms with Gasteiger partial charge in [0.1, 0.15) is 5.82 Å². The number of benzene rings is 1. The fourth-order valence-electron chi connectivity index (χ4n) is 7.93. The fraction of sp³-hybridized carbons (Fsp3) is 0.731. The van der Waals surface area contributed by atoms with Gasteiger partial charge in [-0.25, -0.2) is 4.98 Å². The number of rotatable bonds is 2. The molecule has 0 radical (unpaired) electrons. The second-order valence-corrected chi connectivity index (χ2v) is 10.7. The number of imidazole rings is 1. The topological polar surface area (TPSA) is 21.1 Å². The predicted molar refractivity (Wildman–Crippen MR) is 119 cm³/mol. The average molecular weight is 392 g/mol. The summed E-state index contributed by atoms with van der Waals surface area (Å²) in [5.74, 6) is 3.27. The van der Waals surface area contributed by atoms with Gasteiger partial charge in [0, 0.05) is 24.2 Å². The van der Waals surface area contributed by atoms with Gasteiger partial charge in [0.05, 0.1) is 11.0 Å². The Kier molecular flexibility index (Phi) is 4.71. The molecule has 4 unspecified atom stereocenters. The number of nitrogens with zero attached hydrogens (tertiary/aromatic N) is 3. The molecule has 2 aromatic rings. The zero-order valence-corrected chi connectivity index (χ0v) is 18.1. The lowest BCUT2D eigenvalue weighted by molar-refractivity contribution is -0.0419.